The van der Waals surface area contributed by atoms with Crippen LogP contribution in [-0.2, 0) is 11.0 Å². The Kier molecular flexibility index (Phi) is 8.32. The number of anilines is 2. The predicted molar refractivity (Wildman–Crippen MR) is 119 cm³/mol. The van der Waals surface area contributed by atoms with E-state index in [1.807, 2.05) is 4.31 Å². The molecule has 174 valence electrons. The van der Waals surface area contributed by atoms with Gasteiger partial charge in [0.2, 0.25) is 11.7 Å². The molecule has 0 bridgehead atoms. The average molecular weight is 488 g/mol. The third-order valence-electron chi connectivity index (χ3n) is 5.09. The maximum absolute atomic E-state index is 14.3. The fraction of sp³-hybridized carbons (Fsp3) is 0.450. The van der Waals surface area contributed by atoms with Crippen LogP contribution in [0.3, 0.4) is 0 Å². The largest absolute Gasteiger partial charge is 0.496 e. The molecule has 0 aliphatic carbocycles. The molecule has 12 heteroatoms. The van der Waals surface area contributed by atoms with Gasteiger partial charge in [0.1, 0.15) is 17.1 Å². The smallest absolute Gasteiger partial charge is 0.224 e. The zero-order valence-electron chi connectivity index (χ0n) is 17.4. The molecule has 0 saturated carbocycles. The zero-order chi connectivity index (χ0) is 23.3. The number of hydrogen-bond acceptors (Lipinski definition) is 7. The van der Waals surface area contributed by atoms with Crippen LogP contribution in [-0.4, -0.2) is 62.1 Å². The van der Waals surface area contributed by atoms with Crippen molar-refractivity contribution in [3.05, 3.63) is 41.1 Å². The van der Waals surface area contributed by atoms with Gasteiger partial charge < -0.3 is 15.8 Å². The topological polar surface area (TPSA) is 110 Å². The van der Waals surface area contributed by atoms with Gasteiger partial charge in [0, 0.05) is 37.0 Å². The lowest BCUT2D eigenvalue weighted by atomic mass is 10.0. The highest BCUT2D eigenvalue weighted by Crippen LogP contribution is 2.28. The zero-order valence-corrected chi connectivity index (χ0v) is 19.0. The van der Waals surface area contributed by atoms with Crippen LogP contribution in [0.2, 0.25) is 0 Å². The van der Waals surface area contributed by atoms with E-state index in [1.54, 1.807) is 0 Å². The first-order valence-corrected chi connectivity index (χ1v) is 11.8. The van der Waals surface area contributed by atoms with Crippen LogP contribution in [0.5, 0.6) is 5.75 Å². The lowest BCUT2D eigenvalue weighted by molar-refractivity contribution is 0.103. The molecule has 2 heterocycles. The number of aromatic nitrogens is 2. The van der Waals surface area contributed by atoms with E-state index in [1.165, 1.54) is 13.3 Å². The lowest BCUT2D eigenvalue weighted by Crippen LogP contribution is -2.41. The molecule has 1 aliphatic heterocycles. The van der Waals surface area contributed by atoms with E-state index in [-0.39, 0.29) is 29.1 Å². The summed E-state index contributed by atoms with van der Waals surface area (Å²) in [4.78, 5) is 21.0. The van der Waals surface area contributed by atoms with E-state index in [2.05, 4.69) is 15.3 Å². The number of hydrogen-bond donors (Lipinski definition) is 2. The van der Waals surface area contributed by atoms with E-state index in [9.17, 15) is 17.8 Å². The summed E-state index contributed by atoms with van der Waals surface area (Å²) >= 11 is 5.66. The van der Waals surface area contributed by atoms with Crippen LogP contribution >= 0.6 is 11.6 Å². The van der Waals surface area contributed by atoms with E-state index in [0.717, 1.165) is 25.0 Å². The van der Waals surface area contributed by atoms with Crippen LogP contribution in [0.1, 0.15) is 35.2 Å². The van der Waals surface area contributed by atoms with Gasteiger partial charge in [0.05, 0.1) is 23.7 Å². The van der Waals surface area contributed by atoms with Gasteiger partial charge in [-0.05, 0) is 31.4 Å². The fourth-order valence-corrected chi connectivity index (χ4v) is 4.94. The summed E-state index contributed by atoms with van der Waals surface area (Å²) in [5, 5.41) is 3.15. The minimum atomic E-state index is -1.33. The Hall–Kier alpha value is -2.37. The van der Waals surface area contributed by atoms with Gasteiger partial charge in [-0.3, -0.25) is 4.79 Å². The van der Waals surface area contributed by atoms with Crippen molar-refractivity contribution in [2.45, 2.75) is 25.3 Å². The Labute approximate surface area is 192 Å². The van der Waals surface area contributed by atoms with Crippen LogP contribution < -0.4 is 15.8 Å². The van der Waals surface area contributed by atoms with Crippen LogP contribution in [0.25, 0.3) is 0 Å². The van der Waals surface area contributed by atoms with Gasteiger partial charge >= 0.3 is 0 Å². The molecule has 32 heavy (non-hydrogen) atoms. The second-order valence-electron chi connectivity index (χ2n) is 7.18. The molecule has 2 aromatic rings. The molecule has 1 atom stereocenters. The standard InChI is InChI=1S/C20H24ClF2N5O3S/c1-31-15-4-3-14(22)17(23)16(15)18(29)13-11-25-20(27-19(13)24)26-12-5-8-28(9-6-12)32(30)10-2-7-21/h3-4,11-12H,2,5-10H2,1H3,(H3,24,25,26,27). The predicted octanol–water partition coefficient (Wildman–Crippen LogP) is 2.75. The Morgan fingerprint density at radius 1 is 1.38 bits per heavy atom. The Balaban J connectivity index is 1.67. The van der Waals surface area contributed by atoms with Crippen molar-refractivity contribution >= 4 is 40.1 Å². The maximum atomic E-state index is 14.3. The molecule has 8 nitrogen and oxygen atoms in total. The number of rotatable bonds is 9. The first-order chi connectivity index (χ1) is 15.3. The summed E-state index contributed by atoms with van der Waals surface area (Å²) in [6, 6.07) is 2.07. The molecule has 1 aliphatic rings. The maximum Gasteiger partial charge on any atom is 0.224 e. The molecule has 0 amide bonds. The molecular formula is C20H24ClF2N5O3S. The molecule has 0 spiro atoms. The van der Waals surface area contributed by atoms with E-state index < -0.39 is 34.0 Å². The second-order valence-corrected chi connectivity index (χ2v) is 9.12. The molecule has 1 aromatic heterocycles. The number of ketones is 1. The Bertz CT molecular complexity index is 1010. The van der Waals surface area contributed by atoms with Crippen LogP contribution in [0, 0.1) is 11.6 Å². The molecule has 1 saturated heterocycles. The number of ether oxygens (including phenoxy) is 1. The summed E-state index contributed by atoms with van der Waals surface area (Å²) < 4.78 is 47.0. The van der Waals surface area contributed by atoms with Crippen molar-refractivity contribution in [2.24, 2.45) is 0 Å². The quantitative estimate of drug-likeness (QED) is 0.413. The second kappa shape index (κ2) is 11.0. The number of benzene rings is 1. The van der Waals surface area contributed by atoms with Crippen LogP contribution in [0.4, 0.5) is 20.5 Å². The van der Waals surface area contributed by atoms with Gasteiger partial charge in [0.15, 0.2) is 11.6 Å². The van der Waals surface area contributed by atoms with Gasteiger partial charge in [0.25, 0.3) is 0 Å². The Morgan fingerprint density at radius 2 is 2.09 bits per heavy atom. The van der Waals surface area contributed by atoms with Crippen molar-refractivity contribution in [1.82, 2.24) is 14.3 Å². The summed E-state index contributed by atoms with van der Waals surface area (Å²) in [7, 11) is 0.205. The minimum Gasteiger partial charge on any atom is -0.496 e. The van der Waals surface area contributed by atoms with E-state index >= 15 is 0 Å². The number of alkyl halides is 1. The number of piperidine rings is 1. The number of halogens is 3. The molecule has 1 fully saturated rings. The average Bonchev–Trinajstić information content (AvgIpc) is 2.79. The van der Waals surface area contributed by atoms with Crippen LogP contribution in [0.15, 0.2) is 18.3 Å². The highest BCUT2D eigenvalue weighted by molar-refractivity contribution is 7.82. The number of methoxy groups -OCH3 is 1. The van der Waals surface area contributed by atoms with Gasteiger partial charge in [-0.25, -0.2) is 22.3 Å². The summed E-state index contributed by atoms with van der Waals surface area (Å²) in [6.45, 7) is 1.30. The molecule has 1 unspecified atom stereocenters. The van der Waals surface area contributed by atoms with E-state index in [0.29, 0.717) is 31.1 Å². The molecule has 3 N–H and O–H groups in total. The highest BCUT2D eigenvalue weighted by Gasteiger charge is 2.26. The SMILES string of the molecule is COc1ccc(F)c(F)c1C(=O)c1cnc(NC2CCN(S(=O)CCCCl)CC2)nc1N. The normalized spacial score (nSPS) is 16.0. The third-order valence-corrected chi connectivity index (χ3v) is 6.94. The summed E-state index contributed by atoms with van der Waals surface area (Å²) in [5.74, 6) is -2.42. The highest BCUT2D eigenvalue weighted by atomic mass is 35.5. The number of nitrogen functional groups attached to an aromatic ring is 1. The minimum absolute atomic E-state index is 0.0398. The molecule has 3 rings (SSSR count). The van der Waals surface area contributed by atoms with Crippen molar-refractivity contribution in [1.29, 1.82) is 0 Å². The molecular weight excluding hydrogens is 464 g/mol. The van der Waals surface area contributed by atoms with Crippen molar-refractivity contribution in [2.75, 3.05) is 42.9 Å². The van der Waals surface area contributed by atoms with Gasteiger partial charge in [-0.15, -0.1) is 11.6 Å². The van der Waals surface area contributed by atoms with Crippen molar-refractivity contribution in [3.63, 3.8) is 0 Å². The fourth-order valence-electron chi connectivity index (χ4n) is 3.38. The summed E-state index contributed by atoms with van der Waals surface area (Å²) in [6.07, 6.45) is 3.33. The Morgan fingerprint density at radius 3 is 2.72 bits per heavy atom. The van der Waals surface area contributed by atoms with Gasteiger partial charge in [-0.2, -0.15) is 4.98 Å². The number of nitrogens with zero attached hydrogens (tertiary/aromatic N) is 3. The summed E-state index contributed by atoms with van der Waals surface area (Å²) in [5.41, 5.74) is 5.19. The number of carbonyl (C=O) groups is 1. The first kappa shape index (κ1) is 24.3. The van der Waals surface area contributed by atoms with E-state index in [4.69, 9.17) is 22.1 Å². The number of carbonyl (C=O) groups excluding carboxylic acids is 1. The van der Waals surface area contributed by atoms with Crippen molar-refractivity contribution < 1.29 is 22.5 Å². The first-order valence-electron chi connectivity index (χ1n) is 10.0. The molecule has 1 aromatic carbocycles. The monoisotopic (exact) mass is 487 g/mol. The lowest BCUT2D eigenvalue weighted by Gasteiger charge is -2.31. The molecule has 0 radical (unpaired) electrons. The number of nitrogens with two attached hydrogens (primary N) is 1. The number of nitrogens with one attached hydrogen (secondary N) is 1. The van der Waals surface area contributed by atoms with Crippen molar-refractivity contribution in [3.8, 4) is 5.75 Å². The third kappa shape index (κ3) is 5.51. The van der Waals surface area contributed by atoms with Gasteiger partial charge in [-0.1, -0.05) is 0 Å².